The summed E-state index contributed by atoms with van der Waals surface area (Å²) >= 11 is 0. The van der Waals surface area contributed by atoms with E-state index in [2.05, 4.69) is 0 Å². The average molecular weight is 178 g/mol. The monoisotopic (exact) mass is 178 g/mol. The molecule has 12 heavy (non-hydrogen) atoms. The topological polar surface area (TPSA) is 90.2 Å². The zero-order valence-electron chi connectivity index (χ0n) is 6.79. The molecule has 0 bridgehead atoms. The summed E-state index contributed by atoms with van der Waals surface area (Å²) in [5.41, 5.74) is 0. The molecule has 1 heterocycles. The Kier molecular flexibility index (Phi) is 3.03. The van der Waals surface area contributed by atoms with E-state index < -0.39 is 30.5 Å². The summed E-state index contributed by atoms with van der Waals surface area (Å²) in [6.07, 6.45) is -4.94. The SMILES string of the molecule is C[C@@H]1OC(CO)[C@@H](O)[C@@H](O)C1O. The van der Waals surface area contributed by atoms with Crippen LogP contribution in [0.1, 0.15) is 6.92 Å². The van der Waals surface area contributed by atoms with E-state index in [1.807, 2.05) is 0 Å². The number of hydrogen-bond acceptors (Lipinski definition) is 5. The van der Waals surface area contributed by atoms with E-state index in [4.69, 9.17) is 9.84 Å². The van der Waals surface area contributed by atoms with Gasteiger partial charge in [0.1, 0.15) is 24.4 Å². The highest BCUT2D eigenvalue weighted by atomic mass is 16.5. The Morgan fingerprint density at radius 1 is 1.08 bits per heavy atom. The highest BCUT2D eigenvalue weighted by Crippen LogP contribution is 2.20. The molecule has 1 aliphatic heterocycles. The van der Waals surface area contributed by atoms with Crippen LogP contribution in [-0.2, 0) is 4.74 Å². The van der Waals surface area contributed by atoms with Gasteiger partial charge in [0.2, 0.25) is 0 Å². The maximum Gasteiger partial charge on any atom is 0.111 e. The van der Waals surface area contributed by atoms with E-state index in [1.165, 1.54) is 0 Å². The van der Waals surface area contributed by atoms with Crippen LogP contribution in [0.15, 0.2) is 0 Å². The minimum atomic E-state index is -1.24. The molecule has 0 amide bonds. The van der Waals surface area contributed by atoms with Crippen molar-refractivity contribution in [3.63, 3.8) is 0 Å². The first-order valence-electron chi connectivity index (χ1n) is 3.88. The lowest BCUT2D eigenvalue weighted by Gasteiger charge is -2.38. The molecule has 0 radical (unpaired) electrons. The van der Waals surface area contributed by atoms with Gasteiger partial charge in [-0.05, 0) is 6.92 Å². The highest BCUT2D eigenvalue weighted by Gasteiger charge is 2.41. The second-order valence-corrected chi connectivity index (χ2v) is 3.03. The molecule has 0 spiro atoms. The Hall–Kier alpha value is -0.200. The van der Waals surface area contributed by atoms with Crippen molar-refractivity contribution in [3.8, 4) is 0 Å². The lowest BCUT2D eigenvalue weighted by atomic mass is 9.96. The van der Waals surface area contributed by atoms with Crippen LogP contribution in [0, 0.1) is 0 Å². The molecule has 0 aromatic rings. The van der Waals surface area contributed by atoms with Crippen molar-refractivity contribution in [2.45, 2.75) is 37.4 Å². The van der Waals surface area contributed by atoms with Gasteiger partial charge in [0.15, 0.2) is 0 Å². The van der Waals surface area contributed by atoms with Gasteiger partial charge in [0, 0.05) is 0 Å². The predicted molar refractivity (Wildman–Crippen MR) is 39.4 cm³/mol. The molecule has 5 heteroatoms. The Labute approximate surface area is 70.2 Å². The quantitative estimate of drug-likeness (QED) is 0.367. The van der Waals surface area contributed by atoms with E-state index in [9.17, 15) is 15.3 Å². The molecule has 4 N–H and O–H groups in total. The lowest BCUT2D eigenvalue weighted by Crippen LogP contribution is -2.57. The Morgan fingerprint density at radius 3 is 2.17 bits per heavy atom. The molecule has 5 atom stereocenters. The zero-order chi connectivity index (χ0) is 9.30. The zero-order valence-corrected chi connectivity index (χ0v) is 6.79. The van der Waals surface area contributed by atoms with Gasteiger partial charge in [-0.3, -0.25) is 0 Å². The van der Waals surface area contributed by atoms with Crippen molar-refractivity contribution < 1.29 is 25.2 Å². The molecule has 1 saturated heterocycles. The first-order valence-corrected chi connectivity index (χ1v) is 3.88. The van der Waals surface area contributed by atoms with Gasteiger partial charge >= 0.3 is 0 Å². The van der Waals surface area contributed by atoms with E-state index in [-0.39, 0.29) is 6.61 Å². The molecule has 1 aliphatic rings. The Balaban J connectivity index is 2.63. The number of aliphatic hydroxyl groups excluding tert-OH is 4. The van der Waals surface area contributed by atoms with Gasteiger partial charge in [-0.15, -0.1) is 0 Å². The van der Waals surface area contributed by atoms with Gasteiger partial charge in [0.05, 0.1) is 12.7 Å². The van der Waals surface area contributed by atoms with Crippen molar-refractivity contribution in [1.82, 2.24) is 0 Å². The summed E-state index contributed by atoms with van der Waals surface area (Å²) in [7, 11) is 0. The molecule has 72 valence electrons. The largest absolute Gasteiger partial charge is 0.394 e. The fraction of sp³-hybridized carbons (Fsp3) is 1.00. The van der Waals surface area contributed by atoms with Gasteiger partial charge < -0.3 is 25.2 Å². The maximum absolute atomic E-state index is 9.23. The van der Waals surface area contributed by atoms with Crippen molar-refractivity contribution >= 4 is 0 Å². The van der Waals surface area contributed by atoms with Crippen LogP contribution in [0.25, 0.3) is 0 Å². The maximum atomic E-state index is 9.23. The van der Waals surface area contributed by atoms with Gasteiger partial charge in [-0.25, -0.2) is 0 Å². The summed E-state index contributed by atoms with van der Waals surface area (Å²) in [4.78, 5) is 0. The first kappa shape index (κ1) is 9.88. The third kappa shape index (κ3) is 1.60. The van der Waals surface area contributed by atoms with E-state index in [0.717, 1.165) is 0 Å². The number of rotatable bonds is 1. The number of ether oxygens (including phenoxy) is 1. The van der Waals surface area contributed by atoms with Crippen LogP contribution in [0.3, 0.4) is 0 Å². The molecular weight excluding hydrogens is 164 g/mol. The van der Waals surface area contributed by atoms with Crippen molar-refractivity contribution in [1.29, 1.82) is 0 Å². The molecule has 1 fully saturated rings. The Bertz CT molecular complexity index is 146. The fourth-order valence-electron chi connectivity index (χ4n) is 1.29. The van der Waals surface area contributed by atoms with Crippen molar-refractivity contribution in [3.05, 3.63) is 0 Å². The number of aliphatic hydroxyl groups is 4. The summed E-state index contributed by atoms with van der Waals surface area (Å²) in [5.74, 6) is 0. The van der Waals surface area contributed by atoms with Crippen molar-refractivity contribution in [2.24, 2.45) is 0 Å². The molecule has 5 nitrogen and oxygen atoms in total. The third-order valence-electron chi connectivity index (χ3n) is 2.13. The average Bonchev–Trinajstić information content (AvgIpc) is 2.08. The molecule has 0 aromatic carbocycles. The van der Waals surface area contributed by atoms with Gasteiger partial charge in [-0.1, -0.05) is 0 Å². The molecular formula is C7H14O5. The van der Waals surface area contributed by atoms with Crippen molar-refractivity contribution in [2.75, 3.05) is 6.61 Å². The van der Waals surface area contributed by atoms with E-state index >= 15 is 0 Å². The summed E-state index contributed by atoms with van der Waals surface area (Å²) < 4.78 is 5.02. The molecule has 1 rings (SSSR count). The van der Waals surface area contributed by atoms with Gasteiger partial charge in [0.25, 0.3) is 0 Å². The standard InChI is InChI=1S/C7H14O5/c1-3-5(9)7(11)6(10)4(2-8)12-3/h3-11H,2H2,1H3/t3-,4?,5?,6+,7-/m0/s1. The summed E-state index contributed by atoms with van der Waals surface area (Å²) in [6.45, 7) is 1.21. The minimum absolute atomic E-state index is 0.366. The second kappa shape index (κ2) is 3.68. The van der Waals surface area contributed by atoms with E-state index in [1.54, 1.807) is 6.92 Å². The first-order chi connectivity index (χ1) is 5.57. The molecule has 2 unspecified atom stereocenters. The number of hydrogen-bond donors (Lipinski definition) is 4. The normalized spacial score (nSPS) is 49.2. The smallest absolute Gasteiger partial charge is 0.111 e. The van der Waals surface area contributed by atoms with E-state index in [0.29, 0.717) is 0 Å². The Morgan fingerprint density at radius 2 is 1.67 bits per heavy atom. The van der Waals surface area contributed by atoms with Crippen LogP contribution in [0.5, 0.6) is 0 Å². The van der Waals surface area contributed by atoms with Crippen LogP contribution < -0.4 is 0 Å². The third-order valence-corrected chi connectivity index (χ3v) is 2.13. The summed E-state index contributed by atoms with van der Waals surface area (Å²) in [5, 5.41) is 36.4. The lowest BCUT2D eigenvalue weighted by molar-refractivity contribution is -0.224. The van der Waals surface area contributed by atoms with Crippen LogP contribution in [0.4, 0.5) is 0 Å². The van der Waals surface area contributed by atoms with Crippen LogP contribution >= 0.6 is 0 Å². The predicted octanol–water partition coefficient (Wildman–Crippen LogP) is -2.15. The van der Waals surface area contributed by atoms with Gasteiger partial charge in [-0.2, -0.15) is 0 Å². The van der Waals surface area contributed by atoms with Crippen LogP contribution in [0.2, 0.25) is 0 Å². The molecule has 0 aromatic heterocycles. The fourth-order valence-corrected chi connectivity index (χ4v) is 1.29. The minimum Gasteiger partial charge on any atom is -0.394 e. The molecule has 0 saturated carbocycles. The highest BCUT2D eigenvalue weighted by molar-refractivity contribution is 4.89. The second-order valence-electron chi connectivity index (χ2n) is 3.03. The summed E-state index contributed by atoms with van der Waals surface area (Å²) in [6, 6.07) is 0. The molecule has 0 aliphatic carbocycles. The van der Waals surface area contributed by atoms with Crippen LogP contribution in [-0.4, -0.2) is 57.6 Å².